The highest BCUT2D eigenvalue weighted by atomic mass is 16.4. The lowest BCUT2D eigenvalue weighted by atomic mass is 9.91. The van der Waals surface area contributed by atoms with Crippen molar-refractivity contribution in [2.24, 2.45) is 11.8 Å². The van der Waals surface area contributed by atoms with E-state index in [4.69, 9.17) is 5.11 Å². The van der Waals surface area contributed by atoms with Gasteiger partial charge in [0.2, 0.25) is 0 Å². The van der Waals surface area contributed by atoms with Gasteiger partial charge in [0.25, 0.3) is 0 Å². The molecule has 0 amide bonds. The second kappa shape index (κ2) is 8.49. The van der Waals surface area contributed by atoms with Crippen LogP contribution >= 0.6 is 0 Å². The summed E-state index contributed by atoms with van der Waals surface area (Å²) in [4.78, 5) is 17.9. The third-order valence-corrected chi connectivity index (χ3v) is 5.07. The van der Waals surface area contributed by atoms with Crippen molar-refractivity contribution in [1.29, 1.82) is 0 Å². The molecule has 1 fully saturated rings. The molecule has 140 valence electrons. The van der Waals surface area contributed by atoms with Crippen LogP contribution < -0.4 is 0 Å². The van der Waals surface area contributed by atoms with Crippen LogP contribution in [0.15, 0.2) is 36.8 Å². The van der Waals surface area contributed by atoms with Gasteiger partial charge in [0, 0.05) is 25.8 Å². The molecule has 0 bridgehead atoms. The lowest BCUT2D eigenvalue weighted by molar-refractivity contribution is 0.0697. The Hall–Kier alpha value is -2.14. The van der Waals surface area contributed by atoms with Crippen LogP contribution in [0.1, 0.15) is 48.3 Å². The minimum absolute atomic E-state index is 0.359. The molecule has 2 aromatic rings. The molecule has 0 unspecified atom stereocenters. The summed E-state index contributed by atoms with van der Waals surface area (Å²) in [5.41, 5.74) is 2.88. The van der Waals surface area contributed by atoms with Crippen LogP contribution in [0, 0.1) is 11.8 Å². The molecule has 1 aliphatic rings. The zero-order valence-electron chi connectivity index (χ0n) is 15.8. The molecule has 2 heterocycles. The van der Waals surface area contributed by atoms with Crippen LogP contribution in [0.5, 0.6) is 0 Å². The number of benzene rings is 1. The van der Waals surface area contributed by atoms with E-state index in [1.54, 1.807) is 12.1 Å². The van der Waals surface area contributed by atoms with Gasteiger partial charge in [-0.25, -0.2) is 9.78 Å². The van der Waals surface area contributed by atoms with E-state index in [9.17, 15) is 4.79 Å². The third kappa shape index (κ3) is 4.94. The number of carbonyl (C=O) groups is 1. The van der Waals surface area contributed by atoms with Crippen LogP contribution in [-0.4, -0.2) is 38.6 Å². The van der Waals surface area contributed by atoms with Crippen molar-refractivity contribution >= 4 is 5.97 Å². The Morgan fingerprint density at radius 3 is 2.77 bits per heavy atom. The van der Waals surface area contributed by atoms with E-state index in [1.165, 1.54) is 24.1 Å². The summed E-state index contributed by atoms with van der Waals surface area (Å²) in [6.45, 7) is 8.67. The molecule has 5 heteroatoms. The van der Waals surface area contributed by atoms with E-state index >= 15 is 0 Å². The molecule has 1 atom stereocenters. The van der Waals surface area contributed by atoms with E-state index in [2.05, 4.69) is 28.3 Å². The number of nitrogens with zero attached hydrogens (tertiary/aromatic N) is 3. The SMILES string of the molecule is CC(C)Cn1cncc1CN1CCC[C@@H](Cc2ccc(C(=O)O)cc2)C1. The largest absolute Gasteiger partial charge is 0.478 e. The first-order chi connectivity index (χ1) is 12.5. The predicted octanol–water partition coefficient (Wildman–Crippen LogP) is 3.69. The van der Waals surface area contributed by atoms with E-state index < -0.39 is 5.97 Å². The quantitative estimate of drug-likeness (QED) is 0.823. The molecular formula is C21H29N3O2. The van der Waals surface area contributed by atoms with Crippen molar-refractivity contribution < 1.29 is 9.90 Å². The third-order valence-electron chi connectivity index (χ3n) is 5.07. The predicted molar refractivity (Wildman–Crippen MR) is 102 cm³/mol. The summed E-state index contributed by atoms with van der Waals surface area (Å²) >= 11 is 0. The number of carboxylic acids is 1. The molecular weight excluding hydrogens is 326 g/mol. The van der Waals surface area contributed by atoms with E-state index in [-0.39, 0.29) is 0 Å². The summed E-state index contributed by atoms with van der Waals surface area (Å²) < 4.78 is 2.28. The molecule has 3 rings (SSSR count). The van der Waals surface area contributed by atoms with Crippen molar-refractivity contribution in [3.05, 3.63) is 53.6 Å². The number of aromatic nitrogens is 2. The number of carboxylic acid groups (broad SMARTS) is 1. The molecule has 0 aliphatic carbocycles. The van der Waals surface area contributed by atoms with Crippen LogP contribution in [0.2, 0.25) is 0 Å². The fourth-order valence-corrected chi connectivity index (χ4v) is 3.84. The Balaban J connectivity index is 1.57. The lowest BCUT2D eigenvalue weighted by Crippen LogP contribution is -2.36. The maximum atomic E-state index is 11.0. The molecule has 1 aromatic carbocycles. The van der Waals surface area contributed by atoms with Crippen molar-refractivity contribution in [1.82, 2.24) is 14.5 Å². The first-order valence-corrected chi connectivity index (χ1v) is 9.55. The van der Waals surface area contributed by atoms with Gasteiger partial charge in [-0.2, -0.15) is 0 Å². The summed E-state index contributed by atoms with van der Waals surface area (Å²) in [5, 5.41) is 9.02. The second-order valence-corrected chi connectivity index (χ2v) is 7.88. The highest BCUT2D eigenvalue weighted by molar-refractivity contribution is 5.87. The number of piperidine rings is 1. The highest BCUT2D eigenvalue weighted by Crippen LogP contribution is 2.22. The van der Waals surface area contributed by atoms with Crippen LogP contribution in [-0.2, 0) is 19.5 Å². The van der Waals surface area contributed by atoms with Gasteiger partial charge in [-0.3, -0.25) is 4.90 Å². The average Bonchev–Trinajstić information content (AvgIpc) is 3.02. The van der Waals surface area contributed by atoms with Gasteiger partial charge in [0.15, 0.2) is 0 Å². The topological polar surface area (TPSA) is 58.4 Å². The highest BCUT2D eigenvalue weighted by Gasteiger charge is 2.21. The summed E-state index contributed by atoms with van der Waals surface area (Å²) in [5.74, 6) is 0.380. The molecule has 26 heavy (non-hydrogen) atoms. The number of hydrogen-bond donors (Lipinski definition) is 1. The van der Waals surface area contributed by atoms with E-state index in [0.29, 0.717) is 17.4 Å². The number of rotatable bonds is 7. The van der Waals surface area contributed by atoms with Gasteiger partial charge in [-0.1, -0.05) is 26.0 Å². The number of imidazole rings is 1. The van der Waals surface area contributed by atoms with Gasteiger partial charge in [-0.15, -0.1) is 0 Å². The number of likely N-dealkylation sites (tertiary alicyclic amines) is 1. The van der Waals surface area contributed by atoms with Gasteiger partial charge in [0.1, 0.15) is 0 Å². The average molecular weight is 355 g/mol. The van der Waals surface area contributed by atoms with Crippen molar-refractivity contribution in [2.75, 3.05) is 13.1 Å². The van der Waals surface area contributed by atoms with Gasteiger partial charge >= 0.3 is 5.97 Å². The van der Waals surface area contributed by atoms with E-state index in [1.807, 2.05) is 24.7 Å². The maximum Gasteiger partial charge on any atom is 0.335 e. The van der Waals surface area contributed by atoms with Gasteiger partial charge < -0.3 is 9.67 Å². The molecule has 0 saturated carbocycles. The summed E-state index contributed by atoms with van der Waals surface area (Å²) in [7, 11) is 0. The molecule has 1 N–H and O–H groups in total. The van der Waals surface area contributed by atoms with Crippen molar-refractivity contribution in [3.63, 3.8) is 0 Å². The Morgan fingerprint density at radius 2 is 2.08 bits per heavy atom. The minimum Gasteiger partial charge on any atom is -0.478 e. The molecule has 1 saturated heterocycles. The summed E-state index contributed by atoms with van der Waals surface area (Å²) in [6, 6.07) is 7.34. The van der Waals surface area contributed by atoms with E-state index in [0.717, 1.165) is 32.6 Å². The lowest BCUT2D eigenvalue weighted by Gasteiger charge is -2.33. The normalized spacial score (nSPS) is 18.3. The Bertz CT molecular complexity index is 721. The second-order valence-electron chi connectivity index (χ2n) is 7.88. The first kappa shape index (κ1) is 18.6. The maximum absolute atomic E-state index is 11.0. The Labute approximate surface area is 155 Å². The molecule has 0 radical (unpaired) electrons. The van der Waals surface area contributed by atoms with Crippen LogP contribution in [0.25, 0.3) is 0 Å². The number of hydrogen-bond acceptors (Lipinski definition) is 3. The molecule has 0 spiro atoms. The molecule has 5 nitrogen and oxygen atoms in total. The minimum atomic E-state index is -0.863. The van der Waals surface area contributed by atoms with Gasteiger partial charge in [0.05, 0.1) is 17.6 Å². The fourth-order valence-electron chi connectivity index (χ4n) is 3.84. The monoisotopic (exact) mass is 355 g/mol. The van der Waals surface area contributed by atoms with Crippen molar-refractivity contribution in [2.45, 2.75) is 46.2 Å². The van der Waals surface area contributed by atoms with Crippen molar-refractivity contribution in [3.8, 4) is 0 Å². The van der Waals surface area contributed by atoms with Gasteiger partial charge in [-0.05, 0) is 55.3 Å². The zero-order chi connectivity index (χ0) is 18.5. The molecule has 1 aromatic heterocycles. The number of aromatic carboxylic acids is 1. The fraction of sp³-hybridized carbons (Fsp3) is 0.524. The Morgan fingerprint density at radius 1 is 1.31 bits per heavy atom. The Kier molecular flexibility index (Phi) is 6.09. The standard InChI is InChI=1S/C21H29N3O2/c1-16(2)12-24-15-22-11-20(24)14-23-9-3-4-18(13-23)10-17-5-7-19(8-6-17)21(25)26/h5-8,11,15-16,18H,3-4,9-10,12-14H2,1-2H3,(H,25,26)/t18-/m0/s1. The zero-order valence-corrected chi connectivity index (χ0v) is 15.8. The first-order valence-electron chi connectivity index (χ1n) is 9.55. The summed E-state index contributed by atoms with van der Waals surface area (Å²) in [6.07, 6.45) is 7.41. The molecule has 1 aliphatic heterocycles. The smallest absolute Gasteiger partial charge is 0.335 e. The van der Waals surface area contributed by atoms with Crippen LogP contribution in [0.3, 0.4) is 0 Å². The van der Waals surface area contributed by atoms with Crippen LogP contribution in [0.4, 0.5) is 0 Å².